The van der Waals surface area contributed by atoms with E-state index in [0.29, 0.717) is 0 Å². The topological polar surface area (TPSA) is 57.6 Å². The Kier molecular flexibility index (Phi) is 2.12. The van der Waals surface area contributed by atoms with Crippen molar-refractivity contribution < 1.29 is 14.7 Å². The van der Waals surface area contributed by atoms with Crippen LogP contribution >= 0.6 is 27.7 Å². The molecule has 1 unspecified atom stereocenters. The summed E-state index contributed by atoms with van der Waals surface area (Å²) in [5, 5.41) is 9.04. The van der Waals surface area contributed by atoms with E-state index in [2.05, 4.69) is 15.9 Å². The van der Waals surface area contributed by atoms with Crippen LogP contribution in [0.4, 0.5) is 0 Å². The zero-order chi connectivity index (χ0) is 10.7. The van der Waals surface area contributed by atoms with Gasteiger partial charge < -0.3 is 10.0 Å². The second-order valence-corrected chi connectivity index (χ2v) is 6.76. The van der Waals surface area contributed by atoms with E-state index in [1.807, 2.05) is 13.8 Å². The van der Waals surface area contributed by atoms with Gasteiger partial charge in [-0.15, -0.1) is 11.8 Å². The fourth-order valence-corrected chi connectivity index (χ4v) is 4.32. The molecule has 0 saturated carbocycles. The Bertz CT molecular complexity index is 320. The van der Waals surface area contributed by atoms with E-state index in [9.17, 15) is 9.59 Å². The van der Waals surface area contributed by atoms with Gasteiger partial charge in [-0.25, -0.2) is 4.79 Å². The highest BCUT2D eigenvalue weighted by Gasteiger charge is 2.62. The Hall–Kier alpha value is -0.230. The predicted molar refractivity (Wildman–Crippen MR) is 56.4 cm³/mol. The summed E-state index contributed by atoms with van der Waals surface area (Å²) in [5.74, 6) is -1.03. The van der Waals surface area contributed by atoms with Crippen LogP contribution in [0.5, 0.6) is 0 Å². The Morgan fingerprint density at radius 1 is 1.64 bits per heavy atom. The second kappa shape index (κ2) is 2.88. The molecular weight excluding hydrogens is 270 g/mol. The number of rotatable bonds is 1. The van der Waals surface area contributed by atoms with Crippen molar-refractivity contribution in [1.82, 2.24) is 4.90 Å². The van der Waals surface area contributed by atoms with Crippen LogP contribution in [0.3, 0.4) is 0 Å². The number of carbonyl (C=O) groups excluding carboxylic acids is 1. The molecule has 4 nitrogen and oxygen atoms in total. The number of aliphatic carboxylic acids is 1. The highest BCUT2D eigenvalue weighted by molar-refractivity contribution is 9.10. The van der Waals surface area contributed by atoms with Crippen LogP contribution < -0.4 is 0 Å². The number of alkyl halides is 1. The van der Waals surface area contributed by atoms with E-state index >= 15 is 0 Å². The second-order valence-electron chi connectivity index (χ2n) is 4.00. The van der Waals surface area contributed by atoms with E-state index in [0.717, 1.165) is 0 Å². The van der Waals surface area contributed by atoms with Crippen molar-refractivity contribution in [1.29, 1.82) is 0 Å². The molecule has 1 N–H and O–H groups in total. The van der Waals surface area contributed by atoms with Crippen LogP contribution in [0.1, 0.15) is 13.8 Å². The molecule has 0 spiro atoms. The number of halogens is 1. The van der Waals surface area contributed by atoms with Gasteiger partial charge in [0.25, 0.3) is 0 Å². The van der Waals surface area contributed by atoms with Gasteiger partial charge in [0.2, 0.25) is 5.91 Å². The van der Waals surface area contributed by atoms with Crippen molar-refractivity contribution in [3.63, 3.8) is 0 Å². The lowest BCUT2D eigenvalue weighted by Crippen LogP contribution is -2.63. The molecule has 2 rings (SSSR count). The third kappa shape index (κ3) is 1.13. The van der Waals surface area contributed by atoms with Gasteiger partial charge in [-0.05, 0) is 13.8 Å². The maximum absolute atomic E-state index is 11.4. The lowest BCUT2D eigenvalue weighted by Gasteiger charge is -2.40. The Labute approximate surface area is 94.1 Å². The number of nitrogens with zero attached hydrogens (tertiary/aromatic N) is 1. The van der Waals surface area contributed by atoms with Gasteiger partial charge in [-0.3, -0.25) is 4.79 Å². The van der Waals surface area contributed by atoms with Crippen molar-refractivity contribution >= 4 is 39.6 Å². The van der Waals surface area contributed by atoms with Gasteiger partial charge in [-0.2, -0.15) is 0 Å². The molecule has 2 aliphatic heterocycles. The summed E-state index contributed by atoms with van der Waals surface area (Å²) >= 11 is 4.80. The minimum atomic E-state index is -0.919. The number of hydrogen-bond donors (Lipinski definition) is 1. The first-order valence-corrected chi connectivity index (χ1v) is 6.02. The normalized spacial score (nSPS) is 39.2. The third-order valence-electron chi connectivity index (χ3n) is 2.61. The SMILES string of the molecule is CC1(C)S[C@@H]2C(Br)C(=O)N2[C@H]1C(=O)O. The average molecular weight is 280 g/mol. The van der Waals surface area contributed by atoms with Crippen LogP contribution in [-0.2, 0) is 9.59 Å². The van der Waals surface area contributed by atoms with Gasteiger partial charge in [0.05, 0.1) is 0 Å². The van der Waals surface area contributed by atoms with E-state index < -0.39 is 16.8 Å². The highest BCUT2D eigenvalue weighted by atomic mass is 79.9. The molecule has 0 aromatic rings. The number of carbonyl (C=O) groups is 2. The van der Waals surface area contributed by atoms with Crippen LogP contribution in [0.15, 0.2) is 0 Å². The summed E-state index contributed by atoms with van der Waals surface area (Å²) < 4.78 is -0.408. The lowest BCUT2D eigenvalue weighted by atomic mass is 9.98. The first kappa shape index (κ1) is 10.3. The van der Waals surface area contributed by atoms with Crippen molar-refractivity contribution in [2.45, 2.75) is 34.8 Å². The predicted octanol–water partition coefficient (Wildman–Crippen LogP) is 0.897. The molecule has 3 atom stereocenters. The van der Waals surface area contributed by atoms with Gasteiger partial charge >= 0.3 is 5.97 Å². The summed E-state index contributed by atoms with van der Waals surface area (Å²) in [4.78, 5) is 23.7. The van der Waals surface area contributed by atoms with Gasteiger partial charge in [-0.1, -0.05) is 15.9 Å². The van der Waals surface area contributed by atoms with Gasteiger partial charge in [0, 0.05) is 4.75 Å². The number of carboxylic acid groups (broad SMARTS) is 1. The molecule has 78 valence electrons. The minimum Gasteiger partial charge on any atom is -0.480 e. The number of fused-ring (bicyclic) bond motifs is 1. The Morgan fingerprint density at radius 2 is 2.21 bits per heavy atom. The van der Waals surface area contributed by atoms with Crippen LogP contribution in [-0.4, -0.2) is 42.9 Å². The number of amides is 1. The summed E-state index contributed by atoms with van der Waals surface area (Å²) in [7, 11) is 0. The monoisotopic (exact) mass is 279 g/mol. The molecule has 0 aliphatic carbocycles. The molecule has 6 heteroatoms. The Balaban J connectivity index is 2.32. The van der Waals surface area contributed by atoms with Crippen molar-refractivity contribution in [2.75, 3.05) is 0 Å². The van der Waals surface area contributed by atoms with E-state index in [-0.39, 0.29) is 16.1 Å². The van der Waals surface area contributed by atoms with Crippen molar-refractivity contribution in [3.8, 4) is 0 Å². The maximum atomic E-state index is 11.4. The molecule has 2 heterocycles. The Morgan fingerprint density at radius 3 is 2.71 bits per heavy atom. The van der Waals surface area contributed by atoms with Gasteiger partial charge in [0.15, 0.2) is 0 Å². The summed E-state index contributed by atoms with van der Waals surface area (Å²) in [5.41, 5.74) is 0. The van der Waals surface area contributed by atoms with Crippen LogP contribution in [0, 0.1) is 0 Å². The molecule has 2 saturated heterocycles. The zero-order valence-electron chi connectivity index (χ0n) is 7.73. The molecule has 2 fully saturated rings. The maximum Gasteiger partial charge on any atom is 0.327 e. The first-order valence-electron chi connectivity index (χ1n) is 4.23. The van der Waals surface area contributed by atoms with Crippen LogP contribution in [0.25, 0.3) is 0 Å². The first-order chi connectivity index (χ1) is 6.36. The molecular formula is C8H10BrNO3S. The molecule has 0 bridgehead atoms. The molecule has 0 aromatic carbocycles. The molecule has 0 aromatic heterocycles. The van der Waals surface area contributed by atoms with Gasteiger partial charge in [0.1, 0.15) is 16.2 Å². The highest BCUT2D eigenvalue weighted by Crippen LogP contribution is 2.52. The summed E-state index contributed by atoms with van der Waals surface area (Å²) in [6.45, 7) is 3.73. The largest absolute Gasteiger partial charge is 0.480 e. The number of hydrogen-bond acceptors (Lipinski definition) is 3. The van der Waals surface area contributed by atoms with Crippen molar-refractivity contribution in [3.05, 3.63) is 0 Å². The quantitative estimate of drug-likeness (QED) is 0.572. The van der Waals surface area contributed by atoms with Crippen molar-refractivity contribution in [2.24, 2.45) is 0 Å². The van der Waals surface area contributed by atoms with E-state index in [1.54, 1.807) is 11.8 Å². The summed E-state index contributed by atoms with van der Waals surface area (Å²) in [6, 6.07) is -0.696. The molecule has 14 heavy (non-hydrogen) atoms. The molecule has 1 amide bonds. The lowest BCUT2D eigenvalue weighted by molar-refractivity contribution is -0.156. The third-order valence-corrected chi connectivity index (χ3v) is 5.42. The minimum absolute atomic E-state index is 0.0152. The zero-order valence-corrected chi connectivity index (χ0v) is 10.1. The van der Waals surface area contributed by atoms with Crippen LogP contribution in [0.2, 0.25) is 0 Å². The average Bonchev–Trinajstić information content (AvgIpc) is 2.34. The van der Waals surface area contributed by atoms with E-state index in [1.165, 1.54) is 4.90 Å². The molecule has 0 radical (unpaired) electrons. The smallest absolute Gasteiger partial charge is 0.327 e. The fourth-order valence-electron chi connectivity index (χ4n) is 1.97. The number of β-lactam (4-membered cyclic amide) rings is 1. The number of carboxylic acids is 1. The fraction of sp³-hybridized carbons (Fsp3) is 0.750. The molecule has 2 aliphatic rings. The standard InChI is InChI=1S/C8H10BrNO3S/c1-8(2)4(7(12)13)10-5(11)3(9)6(10)14-8/h3-4,6H,1-2H3,(H,12,13)/t3?,4-,6+/m0/s1. The summed E-state index contributed by atoms with van der Waals surface area (Å²) in [6.07, 6.45) is 0. The number of thioether (sulfide) groups is 1. The van der Waals surface area contributed by atoms with E-state index in [4.69, 9.17) is 5.11 Å².